The third-order valence-electron chi connectivity index (χ3n) is 4.74. The number of amides is 1. The van der Waals surface area contributed by atoms with Crippen molar-refractivity contribution in [3.8, 4) is 17.2 Å². The molecule has 0 bridgehead atoms. The molecule has 158 valence electrons. The lowest BCUT2D eigenvalue weighted by Gasteiger charge is -2.19. The van der Waals surface area contributed by atoms with E-state index >= 15 is 0 Å². The highest BCUT2D eigenvalue weighted by molar-refractivity contribution is 7.99. The fraction of sp³-hybridized carbons (Fsp3) is 0.304. The maximum absolute atomic E-state index is 12.7. The molecule has 3 aromatic rings. The largest absolute Gasteiger partial charge is 0.497 e. The Morgan fingerprint density at radius 1 is 1.10 bits per heavy atom. The molecule has 0 saturated heterocycles. The van der Waals surface area contributed by atoms with Gasteiger partial charge in [0.2, 0.25) is 5.91 Å². The molecule has 2 aromatic carbocycles. The number of rotatable bonds is 8. The van der Waals surface area contributed by atoms with E-state index in [0.717, 1.165) is 22.2 Å². The highest BCUT2D eigenvalue weighted by atomic mass is 32.2. The predicted molar refractivity (Wildman–Crippen MR) is 120 cm³/mol. The first-order chi connectivity index (χ1) is 14.4. The number of hydrogen-bond acceptors (Lipinski definition) is 5. The van der Waals surface area contributed by atoms with Gasteiger partial charge < -0.3 is 14.4 Å². The van der Waals surface area contributed by atoms with Gasteiger partial charge in [-0.2, -0.15) is 0 Å². The Hall–Kier alpha value is -2.93. The van der Waals surface area contributed by atoms with E-state index in [0.29, 0.717) is 18.0 Å². The number of benzene rings is 2. The molecule has 6 nitrogen and oxygen atoms in total. The van der Waals surface area contributed by atoms with Gasteiger partial charge in [0.15, 0.2) is 5.16 Å². The van der Waals surface area contributed by atoms with Gasteiger partial charge in [0.1, 0.15) is 11.5 Å². The van der Waals surface area contributed by atoms with Gasteiger partial charge in [-0.15, -0.1) is 0 Å². The summed E-state index contributed by atoms with van der Waals surface area (Å²) in [5, 5.41) is 0.795. The van der Waals surface area contributed by atoms with Crippen molar-refractivity contribution in [3.05, 3.63) is 65.5 Å². The van der Waals surface area contributed by atoms with Crippen molar-refractivity contribution in [3.63, 3.8) is 0 Å². The maximum Gasteiger partial charge on any atom is 0.233 e. The van der Waals surface area contributed by atoms with E-state index in [1.165, 1.54) is 22.9 Å². The van der Waals surface area contributed by atoms with Crippen LogP contribution in [0.3, 0.4) is 0 Å². The number of aryl methyl sites for hydroxylation is 2. The van der Waals surface area contributed by atoms with Gasteiger partial charge in [-0.25, -0.2) is 4.98 Å². The Morgan fingerprint density at radius 3 is 2.50 bits per heavy atom. The zero-order valence-electron chi connectivity index (χ0n) is 18.0. The second-order valence-electron chi connectivity index (χ2n) is 7.14. The van der Waals surface area contributed by atoms with Crippen molar-refractivity contribution in [2.75, 3.05) is 27.0 Å². The fourth-order valence-electron chi connectivity index (χ4n) is 3.25. The topological polar surface area (TPSA) is 56.6 Å². The Bertz CT molecular complexity index is 1010. The van der Waals surface area contributed by atoms with Crippen LogP contribution in [0.5, 0.6) is 11.5 Å². The molecular formula is C23H27N3O3S. The Balaban J connectivity index is 1.66. The standard InChI is InChI=1S/C23H27N3O3S/c1-16-10-17(2)12-19(11-16)26-9-8-24-23(26)30-15-22(27)25(3)14-18-6-7-20(28-4)13-21(18)29-5/h6-13H,14-15H2,1-5H3. The highest BCUT2D eigenvalue weighted by Crippen LogP contribution is 2.26. The predicted octanol–water partition coefficient (Wildman–Crippen LogP) is 4.26. The molecular weight excluding hydrogens is 398 g/mol. The van der Waals surface area contributed by atoms with Crippen LogP contribution in [-0.2, 0) is 11.3 Å². The third-order valence-corrected chi connectivity index (χ3v) is 5.70. The summed E-state index contributed by atoms with van der Waals surface area (Å²) in [6, 6.07) is 12.0. The summed E-state index contributed by atoms with van der Waals surface area (Å²) in [6.45, 7) is 4.61. The van der Waals surface area contributed by atoms with Crippen LogP contribution in [0.25, 0.3) is 5.69 Å². The average Bonchev–Trinajstić information content (AvgIpc) is 3.20. The molecule has 1 amide bonds. The molecule has 3 rings (SSSR count). The van der Waals surface area contributed by atoms with Crippen molar-refractivity contribution < 1.29 is 14.3 Å². The second kappa shape index (κ2) is 9.71. The molecule has 7 heteroatoms. The normalized spacial score (nSPS) is 10.7. The minimum atomic E-state index is 0.0212. The summed E-state index contributed by atoms with van der Waals surface area (Å²) in [4.78, 5) is 18.9. The van der Waals surface area contributed by atoms with Crippen molar-refractivity contribution >= 4 is 17.7 Å². The number of methoxy groups -OCH3 is 2. The monoisotopic (exact) mass is 425 g/mol. The van der Waals surface area contributed by atoms with Gasteiger partial charge in [-0.3, -0.25) is 9.36 Å². The Morgan fingerprint density at radius 2 is 1.83 bits per heavy atom. The van der Waals surface area contributed by atoms with E-state index in [2.05, 4.69) is 37.0 Å². The van der Waals surface area contributed by atoms with E-state index in [9.17, 15) is 4.79 Å². The number of ether oxygens (including phenoxy) is 2. The quantitative estimate of drug-likeness (QED) is 0.505. The molecule has 0 aliphatic carbocycles. The smallest absolute Gasteiger partial charge is 0.233 e. The molecule has 30 heavy (non-hydrogen) atoms. The van der Waals surface area contributed by atoms with Crippen LogP contribution < -0.4 is 9.47 Å². The van der Waals surface area contributed by atoms with E-state index in [1.807, 2.05) is 29.0 Å². The van der Waals surface area contributed by atoms with Crippen LogP contribution in [-0.4, -0.2) is 47.4 Å². The molecule has 0 saturated carbocycles. The lowest BCUT2D eigenvalue weighted by Crippen LogP contribution is -2.28. The summed E-state index contributed by atoms with van der Waals surface area (Å²) in [7, 11) is 5.02. The fourth-order valence-corrected chi connectivity index (χ4v) is 4.16. The van der Waals surface area contributed by atoms with Gasteiger partial charge in [0.25, 0.3) is 0 Å². The van der Waals surface area contributed by atoms with Crippen LogP contribution in [0.4, 0.5) is 0 Å². The molecule has 0 radical (unpaired) electrons. The van der Waals surface area contributed by atoms with Crippen molar-refractivity contribution in [1.82, 2.24) is 14.5 Å². The van der Waals surface area contributed by atoms with Gasteiger partial charge >= 0.3 is 0 Å². The number of carbonyl (C=O) groups is 1. The summed E-state index contributed by atoms with van der Waals surface area (Å²) in [6.07, 6.45) is 3.68. The molecule has 1 aromatic heterocycles. The summed E-state index contributed by atoms with van der Waals surface area (Å²) in [5.74, 6) is 1.75. The van der Waals surface area contributed by atoms with Gasteiger partial charge in [-0.1, -0.05) is 17.8 Å². The average molecular weight is 426 g/mol. The number of thioether (sulfide) groups is 1. The first kappa shape index (κ1) is 21.8. The summed E-state index contributed by atoms with van der Waals surface area (Å²) < 4.78 is 12.7. The summed E-state index contributed by atoms with van der Waals surface area (Å²) in [5.41, 5.74) is 4.37. The molecule has 0 N–H and O–H groups in total. The number of nitrogens with zero attached hydrogens (tertiary/aromatic N) is 3. The molecule has 1 heterocycles. The molecule has 0 fully saturated rings. The third kappa shape index (κ3) is 5.16. The molecule has 0 atom stereocenters. The summed E-state index contributed by atoms with van der Waals surface area (Å²) >= 11 is 1.43. The SMILES string of the molecule is COc1ccc(CN(C)C(=O)CSc2nccn2-c2cc(C)cc(C)c2)c(OC)c1. The first-order valence-electron chi connectivity index (χ1n) is 9.61. The number of hydrogen-bond donors (Lipinski definition) is 0. The lowest BCUT2D eigenvalue weighted by molar-refractivity contribution is -0.127. The van der Waals surface area contributed by atoms with E-state index in [1.54, 1.807) is 32.4 Å². The second-order valence-corrected chi connectivity index (χ2v) is 8.08. The van der Waals surface area contributed by atoms with E-state index in [4.69, 9.17) is 9.47 Å². The first-order valence-corrected chi connectivity index (χ1v) is 10.6. The van der Waals surface area contributed by atoms with Crippen molar-refractivity contribution in [1.29, 1.82) is 0 Å². The highest BCUT2D eigenvalue weighted by Gasteiger charge is 2.15. The van der Waals surface area contributed by atoms with Gasteiger partial charge in [-0.05, 0) is 49.2 Å². The zero-order chi connectivity index (χ0) is 21.7. The number of imidazole rings is 1. The zero-order valence-corrected chi connectivity index (χ0v) is 18.8. The lowest BCUT2D eigenvalue weighted by atomic mass is 10.1. The molecule has 0 aliphatic heterocycles. The Kier molecular flexibility index (Phi) is 7.05. The minimum absolute atomic E-state index is 0.0212. The molecule has 0 aliphatic rings. The van der Waals surface area contributed by atoms with Crippen molar-refractivity contribution in [2.45, 2.75) is 25.5 Å². The maximum atomic E-state index is 12.7. The van der Waals surface area contributed by atoms with Crippen LogP contribution in [0, 0.1) is 13.8 Å². The van der Waals surface area contributed by atoms with E-state index < -0.39 is 0 Å². The number of carbonyl (C=O) groups excluding carboxylic acids is 1. The minimum Gasteiger partial charge on any atom is -0.497 e. The Labute approximate surface area is 181 Å². The number of aromatic nitrogens is 2. The van der Waals surface area contributed by atoms with Crippen LogP contribution in [0.15, 0.2) is 53.9 Å². The van der Waals surface area contributed by atoms with Crippen molar-refractivity contribution in [2.24, 2.45) is 0 Å². The van der Waals surface area contributed by atoms with Crippen LogP contribution in [0.1, 0.15) is 16.7 Å². The molecule has 0 spiro atoms. The van der Waals surface area contributed by atoms with Crippen LogP contribution in [0.2, 0.25) is 0 Å². The van der Waals surface area contributed by atoms with Gasteiger partial charge in [0, 0.05) is 43.3 Å². The van der Waals surface area contributed by atoms with E-state index in [-0.39, 0.29) is 5.91 Å². The molecule has 0 unspecified atom stereocenters. The van der Waals surface area contributed by atoms with Gasteiger partial charge in [0.05, 0.1) is 20.0 Å². The van der Waals surface area contributed by atoms with Crippen LogP contribution >= 0.6 is 11.8 Å².